The Kier molecular flexibility index (Phi) is 5.29. The summed E-state index contributed by atoms with van der Waals surface area (Å²) in [5.41, 5.74) is 0. The highest BCUT2D eigenvalue weighted by atomic mass is 35.5. The third kappa shape index (κ3) is 3.59. The van der Waals surface area contributed by atoms with Gasteiger partial charge in [0.1, 0.15) is 5.82 Å². The van der Waals surface area contributed by atoms with Gasteiger partial charge in [0.25, 0.3) is 0 Å². The average Bonchev–Trinajstić information content (AvgIpc) is 2.63. The first-order valence-electron chi connectivity index (χ1n) is 4.98. The van der Waals surface area contributed by atoms with Crippen LogP contribution < -0.4 is 5.32 Å². The van der Waals surface area contributed by atoms with Crippen LogP contribution in [0.3, 0.4) is 0 Å². The number of hydrogen-bond acceptors (Lipinski definition) is 2. The van der Waals surface area contributed by atoms with Gasteiger partial charge < -0.3 is 5.32 Å². The smallest absolute Gasteiger partial charge is 0.141 e. The quantitative estimate of drug-likeness (QED) is 0.846. The van der Waals surface area contributed by atoms with Crippen LogP contribution in [0, 0.1) is 11.7 Å². The predicted octanol–water partition coefficient (Wildman–Crippen LogP) is 3.32. The maximum atomic E-state index is 13.1. The van der Waals surface area contributed by atoms with Crippen LogP contribution in [0.1, 0.15) is 17.7 Å². The molecule has 0 saturated carbocycles. The summed E-state index contributed by atoms with van der Waals surface area (Å²) in [6, 6.07) is 1.52. The summed E-state index contributed by atoms with van der Waals surface area (Å²) in [7, 11) is 0. The van der Waals surface area contributed by atoms with Crippen LogP contribution in [-0.4, -0.2) is 13.1 Å². The maximum Gasteiger partial charge on any atom is 0.141 e. The van der Waals surface area contributed by atoms with Crippen LogP contribution in [0.25, 0.3) is 6.08 Å². The lowest BCUT2D eigenvalue weighted by Gasteiger charge is -2.18. The van der Waals surface area contributed by atoms with Crippen LogP contribution >= 0.6 is 23.7 Å². The Balaban J connectivity index is 0.00000112. The topological polar surface area (TPSA) is 12.0 Å². The Bertz CT molecular complexity index is 318. The van der Waals surface area contributed by atoms with E-state index in [2.05, 4.69) is 11.4 Å². The van der Waals surface area contributed by atoms with Gasteiger partial charge in [0.15, 0.2) is 0 Å². The second-order valence-corrected chi connectivity index (χ2v) is 4.53. The van der Waals surface area contributed by atoms with Gasteiger partial charge in [-0.15, -0.1) is 23.7 Å². The zero-order valence-electron chi connectivity index (χ0n) is 8.41. The fourth-order valence-electron chi connectivity index (χ4n) is 1.68. The largest absolute Gasteiger partial charge is 0.317 e. The summed E-state index contributed by atoms with van der Waals surface area (Å²) in [5, 5.41) is 5.10. The summed E-state index contributed by atoms with van der Waals surface area (Å²) >= 11 is 1.46. The molecule has 1 aliphatic rings. The fourth-order valence-corrected chi connectivity index (χ4v) is 2.36. The fraction of sp³-hybridized carbons (Fsp3) is 0.455. The third-order valence-corrected chi connectivity index (χ3v) is 3.41. The van der Waals surface area contributed by atoms with E-state index in [1.54, 1.807) is 5.38 Å². The molecule has 2 rings (SSSR count). The molecule has 1 saturated heterocycles. The minimum Gasteiger partial charge on any atom is -0.317 e. The number of halogens is 2. The van der Waals surface area contributed by atoms with Gasteiger partial charge in [-0.2, -0.15) is 0 Å². The summed E-state index contributed by atoms with van der Waals surface area (Å²) in [4.78, 5) is 0.753. The van der Waals surface area contributed by atoms with Crippen molar-refractivity contribution >= 4 is 29.8 Å². The van der Waals surface area contributed by atoms with Gasteiger partial charge in [0.05, 0.1) is 4.88 Å². The number of nitrogens with one attached hydrogen (secondary N) is 1. The van der Waals surface area contributed by atoms with Gasteiger partial charge in [0, 0.05) is 0 Å². The summed E-state index contributed by atoms with van der Waals surface area (Å²) in [5.74, 6) is 0.526. The molecule has 0 radical (unpaired) electrons. The highest BCUT2D eigenvalue weighted by Crippen LogP contribution is 2.20. The van der Waals surface area contributed by atoms with Gasteiger partial charge in [-0.1, -0.05) is 6.08 Å². The van der Waals surface area contributed by atoms with Crippen molar-refractivity contribution in [3.8, 4) is 0 Å². The van der Waals surface area contributed by atoms with Crippen molar-refractivity contribution in [2.45, 2.75) is 12.8 Å². The first-order valence-corrected chi connectivity index (χ1v) is 5.86. The minimum atomic E-state index is -0.0971. The van der Waals surface area contributed by atoms with Crippen molar-refractivity contribution in [3.63, 3.8) is 0 Å². The van der Waals surface area contributed by atoms with Gasteiger partial charge in [0.2, 0.25) is 0 Å². The third-order valence-electron chi connectivity index (χ3n) is 2.55. The molecule has 84 valence electrons. The molecule has 4 heteroatoms. The van der Waals surface area contributed by atoms with Crippen molar-refractivity contribution < 1.29 is 4.39 Å². The Morgan fingerprint density at radius 2 is 2.13 bits per heavy atom. The molecule has 1 fully saturated rings. The van der Waals surface area contributed by atoms with E-state index >= 15 is 0 Å². The maximum absolute atomic E-state index is 13.1. The Labute approximate surface area is 99.8 Å². The highest BCUT2D eigenvalue weighted by molar-refractivity contribution is 7.10. The van der Waals surface area contributed by atoms with Crippen molar-refractivity contribution in [1.82, 2.24) is 5.32 Å². The number of thiophene rings is 1. The van der Waals surface area contributed by atoms with E-state index in [1.165, 1.54) is 30.2 Å². The lowest BCUT2D eigenvalue weighted by molar-refractivity contribution is 0.438. The zero-order valence-corrected chi connectivity index (χ0v) is 10.0. The average molecular weight is 248 g/mol. The van der Waals surface area contributed by atoms with Crippen LogP contribution in [0.15, 0.2) is 17.5 Å². The molecule has 1 N–H and O–H groups in total. The molecule has 0 aliphatic carbocycles. The standard InChI is InChI=1S/C11H14FNS.ClH/c12-10-5-8-14-11(10)2-1-9-3-6-13-7-4-9;/h1-2,5,8-9,13H,3-4,6-7H2;1H. The lowest BCUT2D eigenvalue weighted by Crippen LogP contribution is -2.26. The number of hydrogen-bond donors (Lipinski definition) is 1. The van der Waals surface area contributed by atoms with Crippen molar-refractivity contribution in [2.75, 3.05) is 13.1 Å². The van der Waals surface area contributed by atoms with Crippen LogP contribution in [0.4, 0.5) is 4.39 Å². The molecule has 2 heterocycles. The van der Waals surface area contributed by atoms with Crippen LogP contribution in [-0.2, 0) is 0 Å². The monoisotopic (exact) mass is 247 g/mol. The molecular weight excluding hydrogens is 233 g/mol. The molecule has 1 aliphatic heterocycles. The predicted molar refractivity (Wildman–Crippen MR) is 66.2 cm³/mol. The van der Waals surface area contributed by atoms with Crippen LogP contribution in [0.5, 0.6) is 0 Å². The van der Waals surface area contributed by atoms with Gasteiger partial charge in [-0.05, 0) is 49.4 Å². The second kappa shape index (κ2) is 6.26. The van der Waals surface area contributed by atoms with E-state index in [9.17, 15) is 4.39 Å². The van der Waals surface area contributed by atoms with Crippen molar-refractivity contribution in [1.29, 1.82) is 0 Å². The summed E-state index contributed by atoms with van der Waals surface area (Å²) in [6.07, 6.45) is 6.42. The Hall–Kier alpha value is -0.380. The van der Waals surface area contributed by atoms with Gasteiger partial charge >= 0.3 is 0 Å². The molecule has 0 atom stereocenters. The van der Waals surface area contributed by atoms with Crippen LogP contribution in [0.2, 0.25) is 0 Å². The molecular formula is C11H15ClFNS. The Morgan fingerprint density at radius 1 is 1.40 bits per heavy atom. The summed E-state index contributed by atoms with van der Waals surface area (Å²) in [6.45, 7) is 2.17. The molecule has 15 heavy (non-hydrogen) atoms. The molecule has 0 bridgehead atoms. The SMILES string of the molecule is Cl.Fc1ccsc1C=CC1CCNCC1. The first-order chi connectivity index (χ1) is 6.86. The number of allylic oxidation sites excluding steroid dienone is 1. The molecule has 0 unspecified atom stereocenters. The number of rotatable bonds is 2. The molecule has 1 nitrogen and oxygen atoms in total. The van der Waals surface area contributed by atoms with Crippen molar-refractivity contribution in [2.24, 2.45) is 5.92 Å². The van der Waals surface area contributed by atoms with E-state index < -0.39 is 0 Å². The van der Waals surface area contributed by atoms with E-state index in [-0.39, 0.29) is 18.2 Å². The molecule has 0 amide bonds. The second-order valence-electron chi connectivity index (χ2n) is 3.58. The van der Waals surface area contributed by atoms with E-state index in [1.807, 2.05) is 6.08 Å². The van der Waals surface area contributed by atoms with Gasteiger partial charge in [-0.3, -0.25) is 0 Å². The number of piperidine rings is 1. The summed E-state index contributed by atoms with van der Waals surface area (Å²) < 4.78 is 13.1. The first kappa shape index (κ1) is 12.7. The molecule has 1 aromatic heterocycles. The molecule has 0 spiro atoms. The van der Waals surface area contributed by atoms with E-state index in [4.69, 9.17) is 0 Å². The Morgan fingerprint density at radius 3 is 2.73 bits per heavy atom. The lowest BCUT2D eigenvalue weighted by atomic mass is 9.98. The molecule has 1 aromatic rings. The van der Waals surface area contributed by atoms with Crippen molar-refractivity contribution in [3.05, 3.63) is 28.2 Å². The molecule has 0 aromatic carbocycles. The van der Waals surface area contributed by atoms with Gasteiger partial charge in [-0.25, -0.2) is 4.39 Å². The minimum absolute atomic E-state index is 0. The van der Waals surface area contributed by atoms with E-state index in [0.29, 0.717) is 5.92 Å². The highest BCUT2D eigenvalue weighted by Gasteiger charge is 2.09. The van der Waals surface area contributed by atoms with E-state index in [0.717, 1.165) is 18.0 Å². The normalized spacial score (nSPS) is 17.9. The zero-order chi connectivity index (χ0) is 9.80.